The Labute approximate surface area is 166 Å². The molecule has 0 bridgehead atoms. The Kier molecular flexibility index (Phi) is 9.51. The Hall–Kier alpha value is -0.620. The van der Waals surface area contributed by atoms with Gasteiger partial charge in [0.1, 0.15) is 0 Å². The number of aliphatic imine (C=N–C) groups is 1. The standard InChI is InChI=1S/C14H27N5O2S2.HI/c1-14(2,3)23(20,21)8-7-16-12(15-4)17-9-11-10-22-13(18-11)19(5)6;/h10H,7-9H2,1-6H3,(H2,15,16,17);1H. The SMILES string of the molecule is CN=C(NCCS(=O)(=O)C(C)(C)C)NCc1csc(N(C)C)n1.I. The average molecular weight is 489 g/mol. The summed E-state index contributed by atoms with van der Waals surface area (Å²) in [6, 6.07) is 0. The highest BCUT2D eigenvalue weighted by Crippen LogP contribution is 2.17. The molecule has 0 fully saturated rings. The summed E-state index contributed by atoms with van der Waals surface area (Å²) in [7, 11) is 2.42. The molecule has 0 aliphatic carbocycles. The van der Waals surface area contributed by atoms with Gasteiger partial charge in [0, 0.05) is 33.1 Å². The normalized spacial score (nSPS) is 12.5. The van der Waals surface area contributed by atoms with E-state index in [9.17, 15) is 8.42 Å². The largest absolute Gasteiger partial charge is 0.355 e. The molecule has 1 aromatic heterocycles. The van der Waals surface area contributed by atoms with Crippen LogP contribution in [-0.2, 0) is 16.4 Å². The molecule has 0 aliphatic heterocycles. The summed E-state index contributed by atoms with van der Waals surface area (Å²) in [6.07, 6.45) is 0. The van der Waals surface area contributed by atoms with E-state index < -0.39 is 14.6 Å². The number of sulfone groups is 1. The van der Waals surface area contributed by atoms with Crippen LogP contribution in [0, 0.1) is 0 Å². The van der Waals surface area contributed by atoms with Crippen molar-refractivity contribution < 1.29 is 8.42 Å². The van der Waals surface area contributed by atoms with Gasteiger partial charge in [-0.25, -0.2) is 13.4 Å². The van der Waals surface area contributed by atoms with Crippen LogP contribution < -0.4 is 15.5 Å². The number of thiazole rings is 1. The van der Waals surface area contributed by atoms with Gasteiger partial charge in [-0.3, -0.25) is 4.99 Å². The van der Waals surface area contributed by atoms with Crippen molar-refractivity contribution in [1.29, 1.82) is 0 Å². The van der Waals surface area contributed by atoms with Crippen LogP contribution in [0.3, 0.4) is 0 Å². The highest BCUT2D eigenvalue weighted by atomic mass is 127. The molecule has 1 heterocycles. The highest BCUT2D eigenvalue weighted by Gasteiger charge is 2.28. The summed E-state index contributed by atoms with van der Waals surface area (Å²) in [4.78, 5) is 10.5. The molecular formula is C14H28IN5O2S2. The van der Waals surface area contributed by atoms with E-state index in [1.807, 2.05) is 24.4 Å². The first kappa shape index (κ1) is 23.4. The number of aromatic nitrogens is 1. The predicted molar refractivity (Wildman–Crippen MR) is 114 cm³/mol. The Morgan fingerprint density at radius 2 is 1.96 bits per heavy atom. The number of hydrogen-bond donors (Lipinski definition) is 2. The third-order valence-electron chi connectivity index (χ3n) is 3.18. The van der Waals surface area contributed by atoms with Gasteiger partial charge < -0.3 is 15.5 Å². The monoisotopic (exact) mass is 489 g/mol. The van der Waals surface area contributed by atoms with Crippen molar-refractivity contribution in [2.45, 2.75) is 32.1 Å². The van der Waals surface area contributed by atoms with Crippen LogP contribution in [0.1, 0.15) is 26.5 Å². The van der Waals surface area contributed by atoms with Crippen molar-refractivity contribution in [3.8, 4) is 0 Å². The van der Waals surface area contributed by atoms with Crippen molar-refractivity contribution in [2.75, 3.05) is 38.3 Å². The topological polar surface area (TPSA) is 86.7 Å². The van der Waals surface area contributed by atoms with Crippen LogP contribution in [0.15, 0.2) is 10.4 Å². The van der Waals surface area contributed by atoms with Gasteiger partial charge in [0.15, 0.2) is 20.9 Å². The first-order chi connectivity index (χ1) is 10.6. The van der Waals surface area contributed by atoms with Crippen LogP contribution in [0.2, 0.25) is 0 Å². The second-order valence-electron chi connectivity index (χ2n) is 6.30. The summed E-state index contributed by atoms with van der Waals surface area (Å²) in [5, 5.41) is 9.09. The van der Waals surface area contributed by atoms with Crippen LogP contribution >= 0.6 is 35.3 Å². The fourth-order valence-corrected chi connectivity index (χ4v) is 3.33. The zero-order chi connectivity index (χ0) is 17.7. The molecule has 0 aliphatic rings. The maximum absolute atomic E-state index is 12.1. The van der Waals surface area contributed by atoms with Gasteiger partial charge in [0.25, 0.3) is 0 Å². The lowest BCUT2D eigenvalue weighted by Gasteiger charge is -2.19. The molecular weight excluding hydrogens is 461 g/mol. The number of hydrogen-bond acceptors (Lipinski definition) is 6. The lowest BCUT2D eigenvalue weighted by Crippen LogP contribution is -2.41. The minimum atomic E-state index is -3.14. The van der Waals surface area contributed by atoms with Crippen molar-refractivity contribution >= 4 is 56.2 Å². The van der Waals surface area contributed by atoms with Gasteiger partial charge in [-0.15, -0.1) is 35.3 Å². The van der Waals surface area contributed by atoms with Crippen molar-refractivity contribution in [3.05, 3.63) is 11.1 Å². The minimum Gasteiger partial charge on any atom is -0.355 e. The molecule has 24 heavy (non-hydrogen) atoms. The molecule has 0 spiro atoms. The van der Waals surface area contributed by atoms with E-state index >= 15 is 0 Å². The molecule has 0 aromatic carbocycles. The smallest absolute Gasteiger partial charge is 0.191 e. The number of nitrogens with one attached hydrogen (secondary N) is 2. The van der Waals surface area contributed by atoms with E-state index in [2.05, 4.69) is 20.6 Å². The van der Waals surface area contributed by atoms with Gasteiger partial charge >= 0.3 is 0 Å². The molecule has 0 unspecified atom stereocenters. The molecule has 0 atom stereocenters. The Bertz CT molecular complexity index is 636. The Morgan fingerprint density at radius 1 is 1.33 bits per heavy atom. The van der Waals surface area contributed by atoms with Crippen molar-refractivity contribution in [2.24, 2.45) is 4.99 Å². The van der Waals surface area contributed by atoms with E-state index in [1.54, 1.807) is 39.2 Å². The van der Waals surface area contributed by atoms with Crippen molar-refractivity contribution in [3.63, 3.8) is 0 Å². The molecule has 140 valence electrons. The summed E-state index contributed by atoms with van der Waals surface area (Å²) in [6.45, 7) is 5.98. The van der Waals surface area contributed by atoms with Crippen LogP contribution in [-0.4, -0.2) is 57.5 Å². The van der Waals surface area contributed by atoms with Gasteiger partial charge in [0.05, 0.1) is 22.7 Å². The minimum absolute atomic E-state index is 0. The Balaban J connectivity index is 0.00000529. The molecule has 0 radical (unpaired) electrons. The maximum atomic E-state index is 12.1. The summed E-state index contributed by atoms with van der Waals surface area (Å²) in [5.74, 6) is 0.632. The first-order valence-corrected chi connectivity index (χ1v) is 9.88. The molecule has 10 heteroatoms. The zero-order valence-electron chi connectivity index (χ0n) is 15.1. The average Bonchev–Trinajstić information content (AvgIpc) is 2.90. The first-order valence-electron chi connectivity index (χ1n) is 7.35. The zero-order valence-corrected chi connectivity index (χ0v) is 19.0. The number of guanidine groups is 1. The van der Waals surface area contributed by atoms with E-state index in [4.69, 9.17) is 0 Å². The molecule has 0 saturated carbocycles. The highest BCUT2D eigenvalue weighted by molar-refractivity contribution is 14.0. The molecule has 2 N–H and O–H groups in total. The summed E-state index contributed by atoms with van der Waals surface area (Å²) in [5.41, 5.74) is 0.920. The van der Waals surface area contributed by atoms with Crippen LogP contribution in [0.4, 0.5) is 5.13 Å². The van der Waals surface area contributed by atoms with Gasteiger partial charge in [-0.2, -0.15) is 0 Å². The fraction of sp³-hybridized carbons (Fsp3) is 0.714. The number of rotatable bonds is 6. The molecule has 0 saturated heterocycles. The van der Waals surface area contributed by atoms with E-state index in [0.29, 0.717) is 19.0 Å². The summed E-state index contributed by atoms with van der Waals surface area (Å²) >= 11 is 1.58. The second-order valence-corrected chi connectivity index (χ2v) is 10.00. The van der Waals surface area contributed by atoms with Crippen LogP contribution in [0.25, 0.3) is 0 Å². The number of nitrogens with zero attached hydrogens (tertiary/aromatic N) is 3. The lowest BCUT2D eigenvalue weighted by molar-refractivity contribution is 0.559. The number of halogens is 1. The quantitative estimate of drug-likeness (QED) is 0.360. The predicted octanol–water partition coefficient (Wildman–Crippen LogP) is 1.71. The Morgan fingerprint density at radius 3 is 2.42 bits per heavy atom. The molecule has 0 amide bonds. The van der Waals surface area contributed by atoms with Crippen LogP contribution in [0.5, 0.6) is 0 Å². The number of anilines is 1. The van der Waals surface area contributed by atoms with Crippen molar-refractivity contribution in [1.82, 2.24) is 15.6 Å². The molecule has 7 nitrogen and oxygen atoms in total. The van der Waals surface area contributed by atoms with Gasteiger partial charge in [-0.1, -0.05) is 0 Å². The van der Waals surface area contributed by atoms with E-state index in [-0.39, 0.29) is 29.7 Å². The third kappa shape index (κ3) is 7.09. The molecule has 1 rings (SSSR count). The van der Waals surface area contributed by atoms with E-state index in [0.717, 1.165) is 10.8 Å². The maximum Gasteiger partial charge on any atom is 0.191 e. The van der Waals surface area contributed by atoms with Gasteiger partial charge in [-0.05, 0) is 20.8 Å². The second kappa shape index (κ2) is 9.76. The lowest BCUT2D eigenvalue weighted by atomic mass is 10.3. The van der Waals surface area contributed by atoms with E-state index in [1.165, 1.54) is 0 Å². The molecule has 1 aromatic rings. The van der Waals surface area contributed by atoms with Gasteiger partial charge in [0.2, 0.25) is 0 Å². The summed E-state index contributed by atoms with van der Waals surface area (Å²) < 4.78 is 23.4. The third-order valence-corrected chi connectivity index (χ3v) is 6.84. The fourth-order valence-electron chi connectivity index (χ4n) is 1.59.